The average Bonchev–Trinajstić information content (AvgIpc) is 3.51. The molecule has 2 heterocycles. The van der Waals surface area contributed by atoms with Gasteiger partial charge in [-0.1, -0.05) is 6.07 Å². The molecule has 37 heavy (non-hydrogen) atoms. The minimum absolute atomic E-state index is 0.113. The summed E-state index contributed by atoms with van der Waals surface area (Å²) < 4.78 is 22.1. The summed E-state index contributed by atoms with van der Waals surface area (Å²) in [5.41, 5.74) is 1.19. The summed E-state index contributed by atoms with van der Waals surface area (Å²) in [5, 5.41) is 2.77. The van der Waals surface area contributed by atoms with E-state index in [0.717, 1.165) is 12.8 Å². The van der Waals surface area contributed by atoms with Crippen LogP contribution in [0.2, 0.25) is 0 Å². The largest absolute Gasteiger partial charge is 0.497 e. The first kappa shape index (κ1) is 24.3. The quantitative estimate of drug-likeness (QED) is 0.436. The molecule has 0 spiro atoms. The van der Waals surface area contributed by atoms with Crippen LogP contribution in [-0.2, 0) is 9.53 Å². The number of rotatable bonds is 9. The minimum atomic E-state index is -0.348. The van der Waals surface area contributed by atoms with Crippen LogP contribution in [0, 0.1) is 0 Å². The third-order valence-electron chi connectivity index (χ3n) is 6.14. The van der Waals surface area contributed by atoms with Crippen LogP contribution in [0.4, 0.5) is 5.69 Å². The number of nitrogens with zero attached hydrogens (tertiary/aromatic N) is 1. The molecule has 3 aromatic rings. The maximum atomic E-state index is 12.9. The number of carbonyl (C=O) groups is 3. The molecule has 2 aliphatic heterocycles. The number of carbonyl (C=O) groups excluding carboxylic acids is 3. The summed E-state index contributed by atoms with van der Waals surface area (Å²) in [4.78, 5) is 39.2. The first-order valence-corrected chi connectivity index (χ1v) is 12.0. The van der Waals surface area contributed by atoms with Crippen LogP contribution in [-0.4, -0.2) is 55.6 Å². The Balaban J connectivity index is 1.20. The lowest BCUT2D eigenvalue weighted by Crippen LogP contribution is -2.36. The molecule has 3 amide bonds. The summed E-state index contributed by atoms with van der Waals surface area (Å²) >= 11 is 0. The molecule has 190 valence electrons. The third-order valence-corrected chi connectivity index (χ3v) is 6.14. The van der Waals surface area contributed by atoms with Gasteiger partial charge in [-0.2, -0.15) is 0 Å². The molecule has 9 heteroatoms. The third kappa shape index (κ3) is 5.57. The fraction of sp³-hybridized carbons (Fsp3) is 0.250. The molecule has 5 rings (SSSR count). The summed E-state index contributed by atoms with van der Waals surface area (Å²) in [6.07, 6.45) is 1.65. The van der Waals surface area contributed by atoms with E-state index in [-0.39, 0.29) is 37.0 Å². The number of amides is 3. The minimum Gasteiger partial charge on any atom is -0.497 e. The average molecular weight is 503 g/mol. The van der Waals surface area contributed by atoms with Crippen molar-refractivity contribution in [3.8, 4) is 23.0 Å². The van der Waals surface area contributed by atoms with Gasteiger partial charge in [0, 0.05) is 18.4 Å². The highest BCUT2D eigenvalue weighted by Gasteiger charge is 2.37. The summed E-state index contributed by atoms with van der Waals surface area (Å²) in [5.74, 6) is 1.12. The second-order valence-electron chi connectivity index (χ2n) is 8.71. The Hall–Kier alpha value is -4.37. The van der Waals surface area contributed by atoms with Crippen LogP contribution < -0.4 is 19.5 Å². The lowest BCUT2D eigenvalue weighted by molar-refractivity contribution is -0.118. The van der Waals surface area contributed by atoms with Crippen LogP contribution in [0.1, 0.15) is 33.6 Å². The zero-order chi connectivity index (χ0) is 25.8. The second kappa shape index (κ2) is 10.7. The zero-order valence-corrected chi connectivity index (χ0v) is 20.3. The number of anilines is 1. The highest BCUT2D eigenvalue weighted by atomic mass is 16.5. The molecule has 9 nitrogen and oxygen atoms in total. The number of ether oxygens (including phenoxy) is 4. The highest BCUT2D eigenvalue weighted by molar-refractivity contribution is 6.21. The van der Waals surface area contributed by atoms with Gasteiger partial charge in [-0.15, -0.1) is 0 Å². The summed E-state index contributed by atoms with van der Waals surface area (Å²) in [6.45, 7) is 0.744. The molecule has 0 aliphatic carbocycles. The monoisotopic (exact) mass is 502 g/mol. The molecule has 1 N–H and O–H groups in total. The number of hydrogen-bond acceptors (Lipinski definition) is 7. The van der Waals surface area contributed by atoms with E-state index in [1.165, 1.54) is 4.90 Å². The first-order chi connectivity index (χ1) is 18.0. The molecular weight excluding hydrogens is 476 g/mol. The van der Waals surface area contributed by atoms with Crippen molar-refractivity contribution in [2.75, 3.05) is 32.2 Å². The van der Waals surface area contributed by atoms with E-state index in [1.807, 2.05) is 0 Å². The molecular formula is C28H26N2O7. The fourth-order valence-corrected chi connectivity index (χ4v) is 4.28. The van der Waals surface area contributed by atoms with E-state index < -0.39 is 0 Å². The molecule has 0 saturated carbocycles. The first-order valence-electron chi connectivity index (χ1n) is 12.0. The summed E-state index contributed by atoms with van der Waals surface area (Å²) in [6, 6.07) is 18.6. The lowest BCUT2D eigenvalue weighted by atomic mass is 10.1. The number of fused-ring (bicyclic) bond motifs is 1. The van der Waals surface area contributed by atoms with Crippen molar-refractivity contribution < 1.29 is 33.3 Å². The molecule has 0 bridgehead atoms. The van der Waals surface area contributed by atoms with Crippen molar-refractivity contribution in [3.63, 3.8) is 0 Å². The highest BCUT2D eigenvalue weighted by Crippen LogP contribution is 2.31. The molecule has 1 fully saturated rings. The molecule has 3 aromatic carbocycles. The maximum absolute atomic E-state index is 12.9. The van der Waals surface area contributed by atoms with Gasteiger partial charge in [0.1, 0.15) is 23.0 Å². The van der Waals surface area contributed by atoms with Gasteiger partial charge in [-0.05, 0) is 67.4 Å². The van der Waals surface area contributed by atoms with Crippen LogP contribution in [0.3, 0.4) is 0 Å². The van der Waals surface area contributed by atoms with E-state index in [0.29, 0.717) is 46.4 Å². The van der Waals surface area contributed by atoms with Crippen molar-refractivity contribution >= 4 is 23.4 Å². The fourth-order valence-electron chi connectivity index (χ4n) is 4.28. The lowest BCUT2D eigenvalue weighted by Gasteiger charge is -2.17. The van der Waals surface area contributed by atoms with E-state index in [4.69, 9.17) is 18.9 Å². The van der Waals surface area contributed by atoms with Gasteiger partial charge in [0.05, 0.1) is 30.9 Å². The van der Waals surface area contributed by atoms with Gasteiger partial charge in [-0.3, -0.25) is 19.3 Å². The van der Waals surface area contributed by atoms with Gasteiger partial charge in [0.15, 0.2) is 6.61 Å². The standard InChI is InChI=1S/C28H26N2O7/c1-34-19-7-9-20(10-8-19)36-17-26(31)29-18-4-2-5-21(14-18)37-22-11-12-24-25(15-22)28(33)30(27(24)32)16-23-6-3-13-35-23/h2,4-5,7-12,14-15,23H,3,6,13,16-17H2,1H3,(H,29,31). The van der Waals surface area contributed by atoms with Crippen LogP contribution in [0.15, 0.2) is 66.7 Å². The van der Waals surface area contributed by atoms with Crippen molar-refractivity contribution in [3.05, 3.63) is 77.9 Å². The number of methoxy groups -OCH3 is 1. The molecule has 2 aliphatic rings. The molecule has 1 atom stereocenters. The normalized spacial score (nSPS) is 16.5. The van der Waals surface area contributed by atoms with Crippen molar-refractivity contribution in [2.45, 2.75) is 18.9 Å². The van der Waals surface area contributed by atoms with Crippen LogP contribution in [0.25, 0.3) is 0 Å². The predicted molar refractivity (Wildman–Crippen MR) is 134 cm³/mol. The smallest absolute Gasteiger partial charge is 0.262 e. The maximum Gasteiger partial charge on any atom is 0.262 e. The van der Waals surface area contributed by atoms with Crippen molar-refractivity contribution in [1.82, 2.24) is 4.90 Å². The topological polar surface area (TPSA) is 103 Å². The molecule has 1 unspecified atom stereocenters. The molecule has 1 saturated heterocycles. The Labute approximate surface area is 213 Å². The number of benzene rings is 3. The van der Waals surface area contributed by atoms with E-state index in [1.54, 1.807) is 73.8 Å². The van der Waals surface area contributed by atoms with Gasteiger partial charge < -0.3 is 24.3 Å². The van der Waals surface area contributed by atoms with Crippen LogP contribution >= 0.6 is 0 Å². The second-order valence-corrected chi connectivity index (χ2v) is 8.71. The van der Waals surface area contributed by atoms with Gasteiger partial charge in [0.2, 0.25) is 0 Å². The van der Waals surface area contributed by atoms with E-state index in [2.05, 4.69) is 5.32 Å². The predicted octanol–water partition coefficient (Wildman–Crippen LogP) is 4.28. The number of nitrogens with one attached hydrogen (secondary N) is 1. The molecule has 0 aromatic heterocycles. The Morgan fingerprint density at radius 3 is 2.43 bits per heavy atom. The van der Waals surface area contributed by atoms with Crippen molar-refractivity contribution in [1.29, 1.82) is 0 Å². The summed E-state index contributed by atoms with van der Waals surface area (Å²) in [7, 11) is 1.58. The zero-order valence-electron chi connectivity index (χ0n) is 20.3. The molecule has 0 radical (unpaired) electrons. The van der Waals surface area contributed by atoms with Crippen LogP contribution in [0.5, 0.6) is 23.0 Å². The van der Waals surface area contributed by atoms with Gasteiger partial charge >= 0.3 is 0 Å². The Morgan fingerprint density at radius 2 is 1.68 bits per heavy atom. The SMILES string of the molecule is COc1ccc(OCC(=O)Nc2cccc(Oc3ccc4c(c3)C(=O)N(CC3CCCO3)C4=O)c2)cc1. The van der Waals surface area contributed by atoms with Crippen molar-refractivity contribution in [2.24, 2.45) is 0 Å². The van der Waals surface area contributed by atoms with E-state index >= 15 is 0 Å². The van der Waals surface area contributed by atoms with Gasteiger partial charge in [0.25, 0.3) is 17.7 Å². The Morgan fingerprint density at radius 1 is 0.946 bits per heavy atom. The number of imide groups is 1. The number of hydrogen-bond donors (Lipinski definition) is 1. The van der Waals surface area contributed by atoms with Gasteiger partial charge in [-0.25, -0.2) is 0 Å². The Kier molecular flexibility index (Phi) is 7.04. The Bertz CT molecular complexity index is 1320. The van der Waals surface area contributed by atoms with E-state index in [9.17, 15) is 14.4 Å².